The average molecular weight is 438 g/mol. The number of carboxylic acid groups (broad SMARTS) is 1. The zero-order valence-electron chi connectivity index (χ0n) is 18.1. The molecule has 0 radical (unpaired) electrons. The van der Waals surface area contributed by atoms with Crippen LogP contribution in [0.5, 0.6) is 0 Å². The Balaban J connectivity index is 1.90. The Kier molecular flexibility index (Phi) is 5.96. The van der Waals surface area contributed by atoms with E-state index in [-0.39, 0.29) is 11.8 Å². The summed E-state index contributed by atoms with van der Waals surface area (Å²) in [6, 6.07) is 20.3. The number of carbonyl (C=O) groups is 1. The number of carboxylic acids is 1. The van der Waals surface area contributed by atoms with Crippen LogP contribution in [0.15, 0.2) is 60.7 Å². The van der Waals surface area contributed by atoms with Crippen LogP contribution in [0.3, 0.4) is 0 Å². The summed E-state index contributed by atoms with van der Waals surface area (Å²) < 4.78 is 6.56. The molecule has 0 saturated carbocycles. The summed E-state index contributed by atoms with van der Waals surface area (Å²) in [7, 11) is 0. The molecule has 0 bridgehead atoms. The van der Waals surface area contributed by atoms with Crippen molar-refractivity contribution in [3.63, 3.8) is 0 Å². The van der Waals surface area contributed by atoms with Crippen molar-refractivity contribution in [1.82, 2.24) is 0 Å². The third kappa shape index (κ3) is 4.86. The molecule has 1 N–H and O–H groups in total. The molecule has 0 amide bonds. The molecule has 0 fully saturated rings. The van der Waals surface area contributed by atoms with E-state index in [1.807, 2.05) is 36.4 Å². The van der Waals surface area contributed by atoms with Gasteiger partial charge in [-0.3, -0.25) is 4.79 Å². The Hall–Kier alpha value is -2.56. The minimum Gasteiger partial charge on any atom is -0.481 e. The molecule has 0 aliphatic carbocycles. The largest absolute Gasteiger partial charge is 0.481 e. The van der Waals surface area contributed by atoms with E-state index >= 15 is 0 Å². The van der Waals surface area contributed by atoms with E-state index in [1.54, 1.807) is 0 Å². The predicted molar refractivity (Wildman–Crippen MR) is 126 cm³/mol. The van der Waals surface area contributed by atoms with Gasteiger partial charge in [0.15, 0.2) is 0 Å². The van der Waals surface area contributed by atoms with Gasteiger partial charge in [0.1, 0.15) is 6.10 Å². The number of hydrogen-bond acceptors (Lipinski definition) is 3. The molecular formula is C26H28ClNO3. The molecule has 4 rings (SSSR count). The van der Waals surface area contributed by atoms with Crippen molar-refractivity contribution < 1.29 is 14.6 Å². The van der Waals surface area contributed by atoms with Crippen molar-refractivity contribution in [3.05, 3.63) is 76.8 Å². The number of nitrogens with zero attached hydrogens (tertiary/aromatic N) is 1. The monoisotopic (exact) mass is 437 g/mol. The van der Waals surface area contributed by atoms with Crippen molar-refractivity contribution in [2.45, 2.75) is 39.4 Å². The average Bonchev–Trinajstić information content (AvgIpc) is 2.82. The van der Waals surface area contributed by atoms with Crippen LogP contribution in [0.25, 0.3) is 10.8 Å². The topological polar surface area (TPSA) is 49.8 Å². The molecule has 0 aromatic heterocycles. The van der Waals surface area contributed by atoms with E-state index < -0.39 is 18.2 Å². The number of rotatable bonds is 4. The van der Waals surface area contributed by atoms with Gasteiger partial charge in [-0.15, -0.1) is 0 Å². The van der Waals surface area contributed by atoms with Crippen LogP contribution in [-0.2, 0) is 9.53 Å². The standard InChI is InChI=1S/C26H28ClNO3/c1-26(2,3)16-28-15-19(14-24(29)30)31-25(22-13-18(27)11-12-23(22)28)21-10-6-8-17-7-4-5-9-20(17)21/h4-13,19,25H,14-16H2,1-3H3,(H,29,30). The van der Waals surface area contributed by atoms with Gasteiger partial charge in [0.05, 0.1) is 12.5 Å². The van der Waals surface area contributed by atoms with E-state index in [1.165, 1.54) is 0 Å². The summed E-state index contributed by atoms with van der Waals surface area (Å²) in [5.41, 5.74) is 3.07. The van der Waals surface area contributed by atoms with Crippen LogP contribution < -0.4 is 4.90 Å². The highest BCUT2D eigenvalue weighted by Gasteiger charge is 2.33. The van der Waals surface area contributed by atoms with Crippen molar-refractivity contribution in [2.75, 3.05) is 18.0 Å². The van der Waals surface area contributed by atoms with Crippen LogP contribution in [0.1, 0.15) is 44.4 Å². The number of fused-ring (bicyclic) bond motifs is 2. The molecule has 3 aromatic carbocycles. The number of anilines is 1. The van der Waals surface area contributed by atoms with Crippen LogP contribution in [0.4, 0.5) is 5.69 Å². The smallest absolute Gasteiger partial charge is 0.306 e. The Labute approximate surface area is 188 Å². The third-order valence-corrected chi connectivity index (χ3v) is 5.77. The van der Waals surface area contributed by atoms with Gasteiger partial charge in [-0.25, -0.2) is 0 Å². The van der Waals surface area contributed by atoms with E-state index in [0.29, 0.717) is 11.6 Å². The molecule has 31 heavy (non-hydrogen) atoms. The summed E-state index contributed by atoms with van der Waals surface area (Å²) >= 11 is 6.43. The second-order valence-electron chi connectivity index (χ2n) is 9.45. The third-order valence-electron chi connectivity index (χ3n) is 5.54. The van der Waals surface area contributed by atoms with E-state index in [4.69, 9.17) is 16.3 Å². The lowest BCUT2D eigenvalue weighted by atomic mass is 9.93. The fourth-order valence-electron chi connectivity index (χ4n) is 4.43. The van der Waals surface area contributed by atoms with E-state index in [0.717, 1.165) is 34.1 Å². The summed E-state index contributed by atoms with van der Waals surface area (Å²) in [6.07, 6.45) is -0.909. The zero-order valence-corrected chi connectivity index (χ0v) is 18.9. The second-order valence-corrected chi connectivity index (χ2v) is 9.89. The van der Waals surface area contributed by atoms with Gasteiger partial charge in [-0.05, 0) is 39.9 Å². The summed E-state index contributed by atoms with van der Waals surface area (Å²) in [4.78, 5) is 13.9. The number of halogens is 1. The maximum atomic E-state index is 11.6. The van der Waals surface area contributed by atoms with Crippen LogP contribution in [0.2, 0.25) is 5.02 Å². The highest BCUT2D eigenvalue weighted by Crippen LogP contribution is 2.42. The lowest BCUT2D eigenvalue weighted by Gasteiger charge is -2.33. The number of aliphatic carboxylic acids is 1. The molecule has 2 unspecified atom stereocenters. The molecule has 1 aliphatic rings. The van der Waals surface area contributed by atoms with Crippen molar-refractivity contribution in [3.8, 4) is 0 Å². The lowest BCUT2D eigenvalue weighted by molar-refractivity contribution is -0.140. The Morgan fingerprint density at radius 3 is 2.58 bits per heavy atom. The predicted octanol–water partition coefficient (Wildman–Crippen LogP) is 6.31. The number of benzene rings is 3. The Bertz CT molecular complexity index is 1100. The molecule has 162 valence electrons. The van der Waals surface area contributed by atoms with Gasteiger partial charge in [-0.1, -0.05) is 74.8 Å². The van der Waals surface area contributed by atoms with E-state index in [9.17, 15) is 9.90 Å². The molecule has 0 spiro atoms. The SMILES string of the molecule is CC(C)(C)CN1CC(CC(=O)O)OC(c2cccc3ccccc23)c2cc(Cl)ccc21. The lowest BCUT2D eigenvalue weighted by Crippen LogP contribution is -2.38. The second kappa shape index (κ2) is 8.52. The van der Waals surface area contributed by atoms with Gasteiger partial charge in [0.2, 0.25) is 0 Å². The Morgan fingerprint density at radius 2 is 1.84 bits per heavy atom. The minimum atomic E-state index is -0.860. The fourth-order valence-corrected chi connectivity index (χ4v) is 4.61. The summed E-state index contributed by atoms with van der Waals surface area (Å²) in [5, 5.41) is 12.4. The quantitative estimate of drug-likeness (QED) is 0.519. The van der Waals surface area contributed by atoms with Crippen molar-refractivity contribution >= 4 is 34.0 Å². The van der Waals surface area contributed by atoms with Crippen LogP contribution in [-0.4, -0.2) is 30.3 Å². The normalized spacial score (nSPS) is 19.2. The first kappa shape index (κ1) is 21.7. The highest BCUT2D eigenvalue weighted by atomic mass is 35.5. The molecule has 4 nitrogen and oxygen atoms in total. The molecule has 3 aromatic rings. The highest BCUT2D eigenvalue weighted by molar-refractivity contribution is 6.30. The van der Waals surface area contributed by atoms with Gasteiger partial charge in [0, 0.05) is 29.4 Å². The molecule has 2 atom stereocenters. The molecule has 1 aliphatic heterocycles. The van der Waals surface area contributed by atoms with Gasteiger partial charge in [0.25, 0.3) is 0 Å². The first-order valence-corrected chi connectivity index (χ1v) is 11.0. The van der Waals surface area contributed by atoms with Gasteiger partial charge < -0.3 is 14.7 Å². The fraction of sp³-hybridized carbons (Fsp3) is 0.346. The minimum absolute atomic E-state index is 0.0317. The first-order valence-electron chi connectivity index (χ1n) is 10.6. The Morgan fingerprint density at radius 1 is 1.10 bits per heavy atom. The maximum absolute atomic E-state index is 11.6. The maximum Gasteiger partial charge on any atom is 0.306 e. The first-order chi connectivity index (χ1) is 14.7. The van der Waals surface area contributed by atoms with Crippen LogP contribution >= 0.6 is 11.6 Å². The van der Waals surface area contributed by atoms with Gasteiger partial charge in [-0.2, -0.15) is 0 Å². The molecule has 1 heterocycles. The molecule has 5 heteroatoms. The molecule has 0 saturated heterocycles. The van der Waals surface area contributed by atoms with Gasteiger partial charge >= 0.3 is 5.97 Å². The van der Waals surface area contributed by atoms with Crippen LogP contribution in [0, 0.1) is 5.41 Å². The van der Waals surface area contributed by atoms with E-state index in [2.05, 4.69) is 49.9 Å². The molecular weight excluding hydrogens is 410 g/mol. The van der Waals surface area contributed by atoms with Crippen molar-refractivity contribution in [2.24, 2.45) is 5.41 Å². The summed E-state index contributed by atoms with van der Waals surface area (Å²) in [5.74, 6) is -0.860. The number of hydrogen-bond donors (Lipinski definition) is 1. The zero-order chi connectivity index (χ0) is 22.2. The summed E-state index contributed by atoms with van der Waals surface area (Å²) in [6.45, 7) is 7.84. The number of ether oxygens (including phenoxy) is 1. The van der Waals surface area contributed by atoms with Crippen molar-refractivity contribution in [1.29, 1.82) is 0 Å².